The van der Waals surface area contributed by atoms with E-state index in [2.05, 4.69) is 6.92 Å². The Labute approximate surface area is 267 Å². The molecule has 2 heterocycles. The lowest BCUT2D eigenvalue weighted by Crippen LogP contribution is -2.63. The Bertz CT molecular complexity index is 1660. The Morgan fingerprint density at radius 1 is 1.15 bits per heavy atom. The van der Waals surface area contributed by atoms with Gasteiger partial charge in [-0.3, -0.25) is 14.1 Å². The van der Waals surface area contributed by atoms with Gasteiger partial charge in [0.05, 0.1) is 18.8 Å². The Morgan fingerprint density at radius 2 is 1.89 bits per heavy atom. The van der Waals surface area contributed by atoms with Gasteiger partial charge in [-0.05, 0) is 66.9 Å². The average Bonchev–Trinajstić information content (AvgIpc) is 3.69. The summed E-state index contributed by atoms with van der Waals surface area (Å²) in [6, 6.07) is 9.48. The lowest BCUT2D eigenvalue weighted by atomic mass is 9.46. The Morgan fingerprint density at radius 3 is 2.61 bits per heavy atom. The molecule has 1 aromatic carbocycles. The standard InChI is InChI=1S/C34H40NO10P/c1-32-11-9-24(37)13-23(32)7-8-25-26-14-29-34(28(39)19-43-46(40,41)42,33(26,2)15-27(38)30(25)32)45-31(44-29)22-10-12-35(17-22)16-20-3-5-21(18-36)6-4-20/h3-6,9-13,17,25-27,29-31,36,38H,7-8,14-16,18-19H2,1-2H3,(H2,40,41,42)/t25-,26-,27-,29+,30+,31+,32-,33-,34+/m0/s1. The Hall–Kier alpha value is -2.73. The van der Waals surface area contributed by atoms with E-state index in [1.54, 1.807) is 12.2 Å². The summed E-state index contributed by atoms with van der Waals surface area (Å²) in [5.41, 5.74) is 0.529. The van der Waals surface area contributed by atoms with E-state index in [1.165, 1.54) is 0 Å². The lowest BCUT2D eigenvalue weighted by molar-refractivity contribution is -0.200. The van der Waals surface area contributed by atoms with Crippen LogP contribution in [-0.2, 0) is 41.3 Å². The van der Waals surface area contributed by atoms with E-state index in [-0.39, 0.29) is 36.6 Å². The second kappa shape index (κ2) is 11.2. The van der Waals surface area contributed by atoms with Crippen LogP contribution in [0.2, 0.25) is 0 Å². The smallest absolute Gasteiger partial charge is 0.393 e. The summed E-state index contributed by atoms with van der Waals surface area (Å²) in [6.07, 6.45) is 8.59. The van der Waals surface area contributed by atoms with Gasteiger partial charge in [0.1, 0.15) is 6.61 Å². The number of rotatable bonds is 8. The molecule has 2 aromatic rings. The number of ether oxygens (including phenoxy) is 2. The van der Waals surface area contributed by atoms with Gasteiger partial charge in [0, 0.05) is 41.2 Å². The van der Waals surface area contributed by atoms with E-state index in [0.717, 1.165) is 23.1 Å². The van der Waals surface area contributed by atoms with Crippen molar-refractivity contribution in [2.45, 2.75) is 76.8 Å². The van der Waals surface area contributed by atoms with E-state index in [4.69, 9.17) is 14.0 Å². The number of fused-ring (bicyclic) bond motifs is 7. The molecule has 12 heteroatoms. The van der Waals surface area contributed by atoms with E-state index >= 15 is 0 Å². The highest BCUT2D eigenvalue weighted by atomic mass is 31.2. The SMILES string of the molecule is C[C@]12C=CC(=O)C=C1CC[C@@H]1[C@@H]2[C@@H](O)C[C@@]2(C)[C@H]1C[C@H]1O[C@@H](c3ccn(Cc4ccc(CO)cc4)c3)O[C@]12C(=O)COP(=O)(O)O. The number of ketones is 2. The summed E-state index contributed by atoms with van der Waals surface area (Å²) in [4.78, 5) is 45.3. The molecule has 4 fully saturated rings. The maximum atomic E-state index is 14.2. The van der Waals surface area contributed by atoms with Gasteiger partial charge in [0.15, 0.2) is 23.5 Å². The zero-order chi connectivity index (χ0) is 32.6. The molecule has 5 aliphatic rings. The summed E-state index contributed by atoms with van der Waals surface area (Å²) < 4.78 is 31.6. The van der Waals surface area contributed by atoms with Crippen LogP contribution in [0.5, 0.6) is 0 Å². The summed E-state index contributed by atoms with van der Waals surface area (Å²) in [5, 5.41) is 21.2. The number of allylic oxidation sites excluding steroid dienone is 4. The molecule has 7 rings (SSSR count). The first-order chi connectivity index (χ1) is 21.8. The fourth-order valence-corrected chi connectivity index (χ4v) is 9.91. The summed E-state index contributed by atoms with van der Waals surface area (Å²) in [7, 11) is -4.96. The Kier molecular flexibility index (Phi) is 7.74. The first-order valence-electron chi connectivity index (χ1n) is 15.8. The number of phosphoric ester groups is 1. The highest BCUT2D eigenvalue weighted by molar-refractivity contribution is 7.46. The van der Waals surface area contributed by atoms with Crippen molar-refractivity contribution in [2.24, 2.45) is 28.6 Å². The molecular weight excluding hydrogens is 613 g/mol. The zero-order valence-corrected chi connectivity index (χ0v) is 26.7. The fraction of sp³-hybridized carbons (Fsp3) is 0.529. The molecule has 1 saturated heterocycles. The molecule has 4 aliphatic carbocycles. The number of hydrogen-bond acceptors (Lipinski definition) is 8. The van der Waals surface area contributed by atoms with Crippen molar-refractivity contribution in [3.05, 3.63) is 83.2 Å². The maximum absolute atomic E-state index is 14.2. The van der Waals surface area contributed by atoms with Crippen LogP contribution in [0.3, 0.4) is 0 Å². The van der Waals surface area contributed by atoms with Crippen LogP contribution in [0.25, 0.3) is 0 Å². The van der Waals surface area contributed by atoms with Crippen molar-refractivity contribution in [3.63, 3.8) is 0 Å². The van der Waals surface area contributed by atoms with Crippen LogP contribution in [0.4, 0.5) is 0 Å². The van der Waals surface area contributed by atoms with Crippen LogP contribution in [-0.4, -0.2) is 60.5 Å². The highest BCUT2D eigenvalue weighted by Crippen LogP contribution is 2.70. The molecule has 0 radical (unpaired) electrons. The number of aromatic nitrogens is 1. The van der Waals surface area contributed by atoms with Crippen molar-refractivity contribution < 1.29 is 48.2 Å². The molecular formula is C34H40NO10P. The number of nitrogens with zero attached hydrogens (tertiary/aromatic N) is 1. The van der Waals surface area contributed by atoms with Crippen LogP contribution >= 0.6 is 7.82 Å². The quantitative estimate of drug-likeness (QED) is 0.309. The van der Waals surface area contributed by atoms with Gasteiger partial charge in [0.2, 0.25) is 0 Å². The molecule has 11 nitrogen and oxygen atoms in total. The van der Waals surface area contributed by atoms with Crippen molar-refractivity contribution in [1.29, 1.82) is 0 Å². The van der Waals surface area contributed by atoms with E-state index < -0.39 is 55.1 Å². The minimum Gasteiger partial charge on any atom is -0.393 e. The minimum atomic E-state index is -4.96. The molecule has 3 saturated carbocycles. The third kappa shape index (κ3) is 4.95. The molecule has 0 bridgehead atoms. The second-order valence-corrected chi connectivity index (χ2v) is 15.3. The van der Waals surface area contributed by atoms with Gasteiger partial charge < -0.3 is 34.0 Å². The fourth-order valence-electron chi connectivity index (χ4n) is 9.62. The van der Waals surface area contributed by atoms with Crippen LogP contribution in [0.15, 0.2) is 66.5 Å². The topological polar surface area (TPSA) is 165 Å². The molecule has 0 spiro atoms. The number of aliphatic hydroxyl groups is 2. The zero-order valence-electron chi connectivity index (χ0n) is 25.8. The van der Waals surface area contributed by atoms with E-state index in [9.17, 15) is 34.2 Å². The first-order valence-corrected chi connectivity index (χ1v) is 17.3. The van der Waals surface area contributed by atoms with E-state index in [0.29, 0.717) is 24.9 Å². The molecule has 4 N–H and O–H groups in total. The number of benzene rings is 1. The molecule has 246 valence electrons. The number of carbonyl (C=O) groups is 2. The molecule has 0 amide bonds. The van der Waals surface area contributed by atoms with Crippen LogP contribution < -0.4 is 0 Å². The molecule has 46 heavy (non-hydrogen) atoms. The highest BCUT2D eigenvalue weighted by Gasteiger charge is 2.76. The van der Waals surface area contributed by atoms with Crippen LogP contribution in [0, 0.1) is 28.6 Å². The summed E-state index contributed by atoms with van der Waals surface area (Å²) in [6.45, 7) is 3.69. The average molecular weight is 654 g/mol. The summed E-state index contributed by atoms with van der Waals surface area (Å²) in [5.74, 6) is -0.943. The third-order valence-corrected chi connectivity index (χ3v) is 12.1. The maximum Gasteiger partial charge on any atom is 0.470 e. The molecule has 1 aromatic heterocycles. The molecule has 1 aliphatic heterocycles. The van der Waals surface area contributed by atoms with Crippen molar-refractivity contribution in [3.8, 4) is 0 Å². The van der Waals surface area contributed by atoms with Gasteiger partial charge >= 0.3 is 7.82 Å². The van der Waals surface area contributed by atoms with Gasteiger partial charge in [-0.1, -0.05) is 49.8 Å². The number of phosphoric acid groups is 1. The first kappa shape index (κ1) is 31.8. The third-order valence-electron chi connectivity index (χ3n) is 11.6. The van der Waals surface area contributed by atoms with Gasteiger partial charge in [-0.2, -0.15) is 0 Å². The minimum absolute atomic E-state index is 0.00400. The second-order valence-electron chi connectivity index (χ2n) is 14.0. The number of carbonyl (C=O) groups excluding carboxylic acids is 2. The van der Waals surface area contributed by atoms with Crippen LogP contribution in [0.1, 0.15) is 62.5 Å². The Balaban J connectivity index is 1.20. The van der Waals surface area contributed by atoms with Crippen molar-refractivity contribution in [1.82, 2.24) is 4.57 Å². The molecule has 0 unspecified atom stereocenters. The number of Topliss-reactive ketones (excluding diaryl/α,β-unsaturated/α-hetero) is 1. The van der Waals surface area contributed by atoms with Gasteiger partial charge in [0.25, 0.3) is 0 Å². The largest absolute Gasteiger partial charge is 0.470 e. The lowest BCUT2D eigenvalue weighted by Gasteiger charge is -2.59. The van der Waals surface area contributed by atoms with Gasteiger partial charge in [-0.15, -0.1) is 0 Å². The predicted molar refractivity (Wildman–Crippen MR) is 164 cm³/mol. The predicted octanol–water partition coefficient (Wildman–Crippen LogP) is 3.75. The normalized spacial score (nSPS) is 38.1. The monoisotopic (exact) mass is 653 g/mol. The van der Waals surface area contributed by atoms with E-state index in [1.807, 2.05) is 60.3 Å². The van der Waals surface area contributed by atoms with Gasteiger partial charge in [-0.25, -0.2) is 4.57 Å². The van der Waals surface area contributed by atoms with Crippen molar-refractivity contribution in [2.75, 3.05) is 6.61 Å². The molecule has 9 atom stereocenters. The number of aliphatic hydroxyl groups excluding tert-OH is 2. The summed E-state index contributed by atoms with van der Waals surface area (Å²) >= 11 is 0. The number of hydrogen-bond donors (Lipinski definition) is 4. The van der Waals surface area contributed by atoms with Crippen molar-refractivity contribution >= 4 is 19.4 Å².